The van der Waals surface area contributed by atoms with Crippen molar-refractivity contribution in [2.75, 3.05) is 12.4 Å². The SMILES string of the molecule is COC(=O)c1nn(C)c(C)c1NC(=O)c1cc(Cl)cc(Cl)c1. The molecule has 2 aromatic rings. The largest absolute Gasteiger partial charge is 0.464 e. The molecule has 116 valence electrons. The topological polar surface area (TPSA) is 73.2 Å². The van der Waals surface area contributed by atoms with Gasteiger partial charge in [0.05, 0.1) is 18.5 Å². The zero-order valence-electron chi connectivity index (χ0n) is 12.1. The number of methoxy groups -OCH3 is 1. The number of nitrogens with zero attached hydrogens (tertiary/aromatic N) is 2. The summed E-state index contributed by atoms with van der Waals surface area (Å²) in [5.74, 6) is -1.09. The van der Waals surface area contributed by atoms with E-state index in [0.29, 0.717) is 15.7 Å². The Morgan fingerprint density at radius 3 is 2.36 bits per heavy atom. The van der Waals surface area contributed by atoms with Crippen LogP contribution in [-0.4, -0.2) is 28.8 Å². The lowest BCUT2D eigenvalue weighted by atomic mass is 10.2. The van der Waals surface area contributed by atoms with E-state index in [1.54, 1.807) is 14.0 Å². The van der Waals surface area contributed by atoms with Gasteiger partial charge in [0.25, 0.3) is 5.91 Å². The lowest BCUT2D eigenvalue weighted by Gasteiger charge is -2.07. The van der Waals surface area contributed by atoms with Gasteiger partial charge < -0.3 is 10.1 Å². The standard InChI is InChI=1S/C14H13Cl2N3O3/c1-7-11(12(14(21)22-3)18-19(7)2)17-13(20)8-4-9(15)6-10(16)5-8/h4-6H,1-3H3,(H,17,20). The highest BCUT2D eigenvalue weighted by Crippen LogP contribution is 2.23. The van der Waals surface area contributed by atoms with Crippen molar-refractivity contribution in [3.05, 3.63) is 45.2 Å². The summed E-state index contributed by atoms with van der Waals surface area (Å²) in [5, 5.41) is 7.37. The fourth-order valence-corrected chi connectivity index (χ4v) is 2.39. The molecule has 0 unspecified atom stereocenters. The zero-order chi connectivity index (χ0) is 16.4. The van der Waals surface area contributed by atoms with Gasteiger partial charge in [0.1, 0.15) is 0 Å². The maximum absolute atomic E-state index is 12.3. The van der Waals surface area contributed by atoms with Crippen LogP contribution < -0.4 is 5.32 Å². The monoisotopic (exact) mass is 341 g/mol. The average molecular weight is 342 g/mol. The smallest absolute Gasteiger partial charge is 0.360 e. The quantitative estimate of drug-likeness (QED) is 0.870. The van der Waals surface area contributed by atoms with E-state index in [0.717, 1.165) is 0 Å². The van der Waals surface area contributed by atoms with Crippen molar-refractivity contribution in [1.29, 1.82) is 0 Å². The number of benzene rings is 1. The molecule has 0 atom stereocenters. The van der Waals surface area contributed by atoms with Gasteiger partial charge in [-0.1, -0.05) is 23.2 Å². The van der Waals surface area contributed by atoms with Crippen molar-refractivity contribution in [3.63, 3.8) is 0 Å². The molecule has 2 rings (SSSR count). The average Bonchev–Trinajstić information content (AvgIpc) is 2.73. The minimum Gasteiger partial charge on any atom is -0.464 e. The van der Waals surface area contributed by atoms with Gasteiger partial charge in [-0.15, -0.1) is 0 Å². The van der Waals surface area contributed by atoms with E-state index in [9.17, 15) is 9.59 Å². The molecule has 0 saturated carbocycles. The number of nitrogens with one attached hydrogen (secondary N) is 1. The van der Waals surface area contributed by atoms with E-state index in [2.05, 4.69) is 15.2 Å². The molecule has 1 aromatic heterocycles. The van der Waals surface area contributed by atoms with Crippen LogP contribution >= 0.6 is 23.2 Å². The minimum atomic E-state index is -0.636. The van der Waals surface area contributed by atoms with Crippen LogP contribution in [0.2, 0.25) is 10.0 Å². The minimum absolute atomic E-state index is 0.0315. The summed E-state index contributed by atoms with van der Waals surface area (Å²) in [6, 6.07) is 4.48. The second-order valence-electron chi connectivity index (χ2n) is 4.54. The third-order valence-electron chi connectivity index (χ3n) is 3.08. The molecule has 1 heterocycles. The molecular weight excluding hydrogens is 329 g/mol. The summed E-state index contributed by atoms with van der Waals surface area (Å²) in [5.41, 5.74) is 1.21. The molecule has 0 saturated heterocycles. The Labute approximate surface area is 137 Å². The Bertz CT molecular complexity index is 736. The maximum Gasteiger partial charge on any atom is 0.360 e. The Kier molecular flexibility index (Phi) is 4.73. The fraction of sp³-hybridized carbons (Fsp3) is 0.214. The molecule has 0 radical (unpaired) electrons. The highest BCUT2D eigenvalue weighted by Gasteiger charge is 2.22. The number of hydrogen-bond acceptors (Lipinski definition) is 4. The van der Waals surface area contributed by atoms with E-state index < -0.39 is 11.9 Å². The van der Waals surface area contributed by atoms with Crippen molar-refractivity contribution in [2.24, 2.45) is 7.05 Å². The summed E-state index contributed by atoms with van der Waals surface area (Å²) < 4.78 is 6.14. The summed E-state index contributed by atoms with van der Waals surface area (Å²) >= 11 is 11.8. The van der Waals surface area contributed by atoms with E-state index in [-0.39, 0.29) is 16.9 Å². The van der Waals surface area contributed by atoms with Gasteiger partial charge in [0.2, 0.25) is 0 Å². The van der Waals surface area contributed by atoms with E-state index >= 15 is 0 Å². The van der Waals surface area contributed by atoms with Gasteiger partial charge in [0, 0.05) is 22.7 Å². The second kappa shape index (κ2) is 6.37. The molecule has 0 spiro atoms. The second-order valence-corrected chi connectivity index (χ2v) is 5.41. The Morgan fingerprint density at radius 2 is 1.82 bits per heavy atom. The third kappa shape index (κ3) is 3.23. The number of esters is 1. The fourth-order valence-electron chi connectivity index (χ4n) is 1.87. The van der Waals surface area contributed by atoms with Crippen LogP contribution in [0.25, 0.3) is 0 Å². The van der Waals surface area contributed by atoms with Gasteiger partial charge in [0.15, 0.2) is 5.69 Å². The number of aromatic nitrogens is 2. The Hall–Kier alpha value is -2.05. The molecule has 8 heteroatoms. The van der Waals surface area contributed by atoms with Crippen LogP contribution in [0.15, 0.2) is 18.2 Å². The summed E-state index contributed by atoms with van der Waals surface area (Å²) in [6.45, 7) is 1.72. The van der Waals surface area contributed by atoms with E-state index in [4.69, 9.17) is 23.2 Å². The van der Waals surface area contributed by atoms with E-state index in [1.165, 1.54) is 30.0 Å². The molecule has 0 aliphatic rings. The molecule has 1 N–H and O–H groups in total. The van der Waals surface area contributed by atoms with Gasteiger partial charge in [-0.05, 0) is 25.1 Å². The molecule has 1 aromatic carbocycles. The summed E-state index contributed by atoms with van der Waals surface area (Å²) in [6.07, 6.45) is 0. The summed E-state index contributed by atoms with van der Waals surface area (Å²) in [4.78, 5) is 24.1. The molecular formula is C14H13Cl2N3O3. The van der Waals surface area contributed by atoms with Crippen LogP contribution in [0.4, 0.5) is 5.69 Å². The lowest BCUT2D eigenvalue weighted by molar-refractivity contribution is 0.0594. The molecule has 0 aliphatic heterocycles. The first-order valence-corrected chi connectivity index (χ1v) is 6.98. The van der Waals surface area contributed by atoms with Crippen LogP contribution in [0.1, 0.15) is 26.5 Å². The van der Waals surface area contributed by atoms with Crippen molar-refractivity contribution < 1.29 is 14.3 Å². The van der Waals surface area contributed by atoms with Crippen LogP contribution in [-0.2, 0) is 11.8 Å². The third-order valence-corrected chi connectivity index (χ3v) is 3.51. The Morgan fingerprint density at radius 1 is 1.23 bits per heavy atom. The molecule has 6 nitrogen and oxygen atoms in total. The van der Waals surface area contributed by atoms with Gasteiger partial charge in [-0.3, -0.25) is 9.48 Å². The predicted molar refractivity (Wildman–Crippen MR) is 83.7 cm³/mol. The zero-order valence-corrected chi connectivity index (χ0v) is 13.6. The first-order valence-electron chi connectivity index (χ1n) is 6.23. The maximum atomic E-state index is 12.3. The Balaban J connectivity index is 2.38. The number of carbonyl (C=O) groups excluding carboxylic acids is 2. The highest BCUT2D eigenvalue weighted by molar-refractivity contribution is 6.35. The van der Waals surface area contributed by atoms with Gasteiger partial charge in [-0.2, -0.15) is 5.10 Å². The van der Waals surface area contributed by atoms with Gasteiger partial charge in [-0.25, -0.2) is 4.79 Å². The number of aryl methyl sites for hydroxylation is 1. The van der Waals surface area contributed by atoms with Crippen molar-refractivity contribution in [3.8, 4) is 0 Å². The van der Waals surface area contributed by atoms with Crippen LogP contribution in [0.3, 0.4) is 0 Å². The van der Waals surface area contributed by atoms with Crippen LogP contribution in [0.5, 0.6) is 0 Å². The number of amides is 1. The molecule has 0 aliphatic carbocycles. The van der Waals surface area contributed by atoms with Gasteiger partial charge >= 0.3 is 5.97 Å². The summed E-state index contributed by atoms with van der Waals surface area (Å²) in [7, 11) is 2.91. The van der Waals surface area contributed by atoms with Crippen molar-refractivity contribution >= 4 is 40.8 Å². The number of anilines is 1. The van der Waals surface area contributed by atoms with Crippen LogP contribution in [0, 0.1) is 6.92 Å². The van der Waals surface area contributed by atoms with Crippen molar-refractivity contribution in [1.82, 2.24) is 9.78 Å². The first kappa shape index (κ1) is 16.3. The van der Waals surface area contributed by atoms with E-state index in [1.807, 2.05) is 0 Å². The number of rotatable bonds is 3. The number of carbonyl (C=O) groups is 2. The molecule has 22 heavy (non-hydrogen) atoms. The number of ether oxygens (including phenoxy) is 1. The molecule has 0 bridgehead atoms. The normalized spacial score (nSPS) is 10.4. The number of hydrogen-bond donors (Lipinski definition) is 1. The first-order chi connectivity index (χ1) is 10.3. The molecule has 0 fully saturated rings. The lowest BCUT2D eigenvalue weighted by Crippen LogP contribution is -2.15. The van der Waals surface area contributed by atoms with Crippen molar-refractivity contribution in [2.45, 2.75) is 6.92 Å². The number of halogens is 2. The molecule has 1 amide bonds. The predicted octanol–water partition coefficient (Wildman–Crippen LogP) is 3.07. The highest BCUT2D eigenvalue weighted by atomic mass is 35.5.